The highest BCUT2D eigenvalue weighted by Crippen LogP contribution is 2.78. The normalized spacial score (nSPS) is 20.2. The summed E-state index contributed by atoms with van der Waals surface area (Å²) in [5.41, 5.74) is -64.3. The molecule has 0 aromatic rings. The van der Waals surface area contributed by atoms with Crippen LogP contribution < -0.4 is 0 Å². The maximum atomic E-state index is 16.1. The second-order valence-electron chi connectivity index (χ2n) is 14.0. The van der Waals surface area contributed by atoms with Gasteiger partial charge in [0.25, 0.3) is 5.60 Å². The monoisotopic (exact) mass is 1230 g/mol. The molecule has 0 unspecified atom stereocenters. The van der Waals surface area contributed by atoms with E-state index in [0.717, 1.165) is 0 Å². The van der Waals surface area contributed by atoms with Crippen LogP contribution >= 0.6 is 0 Å². The van der Waals surface area contributed by atoms with Crippen LogP contribution in [0.4, 0.5) is 193 Å². The summed E-state index contributed by atoms with van der Waals surface area (Å²) >= 11 is 0. The van der Waals surface area contributed by atoms with Gasteiger partial charge < -0.3 is 30.6 Å². The third-order valence-electron chi connectivity index (χ3n) is 9.76. The maximum absolute atomic E-state index is 16.1. The summed E-state index contributed by atoms with van der Waals surface area (Å²) in [4.78, 5) is 0. The van der Waals surface area contributed by atoms with Crippen LogP contribution in [-0.2, 0) is 0 Å². The lowest BCUT2D eigenvalue weighted by Gasteiger charge is -2.67. The Morgan fingerprint density at radius 3 is 0.338 bits per heavy atom. The Morgan fingerprint density at radius 1 is 0.122 bits per heavy atom. The molecule has 74 heavy (non-hydrogen) atoms. The van der Waals surface area contributed by atoms with Crippen LogP contribution in [0, 0.1) is 0 Å². The number of halogens is 44. The average molecular weight is 1230 g/mol. The highest BCUT2D eigenvalue weighted by molar-refractivity contribution is 5.44. The van der Waals surface area contributed by atoms with Crippen LogP contribution in [0.15, 0.2) is 0 Å². The fourth-order valence-corrected chi connectivity index (χ4v) is 5.87. The predicted octanol–water partition coefficient (Wildman–Crippen LogP) is 10.2. The van der Waals surface area contributed by atoms with Gasteiger partial charge in [-0.15, -0.1) is 0 Å². The van der Waals surface area contributed by atoms with Crippen molar-refractivity contribution in [2.45, 2.75) is 142 Å². The van der Waals surface area contributed by atoms with Crippen molar-refractivity contribution in [2.75, 3.05) is 0 Å². The van der Waals surface area contributed by atoms with E-state index in [1.807, 2.05) is 0 Å². The lowest BCUT2D eigenvalue weighted by molar-refractivity contribution is -0.574. The lowest BCUT2D eigenvalue weighted by atomic mass is 9.47. The molecule has 0 aromatic heterocycles. The fraction of sp³-hybridized carbons (Fsp3) is 1.00. The van der Waals surface area contributed by atoms with Crippen LogP contribution in [0.3, 0.4) is 0 Å². The Kier molecular flexibility index (Phi) is 15.9. The molecule has 4 atom stereocenters. The smallest absolute Gasteiger partial charge is 0.378 e. The molecular weight excluding hydrogens is 1220 g/mol. The van der Waals surface area contributed by atoms with E-state index in [4.69, 9.17) is 5.11 Å². The summed E-state index contributed by atoms with van der Waals surface area (Å²) in [7, 11) is 0. The summed E-state index contributed by atoms with van der Waals surface area (Å²) < 4.78 is 634. The molecule has 0 spiro atoms. The largest absolute Gasteiger partial charge is 0.460 e. The summed E-state index contributed by atoms with van der Waals surface area (Å²) in [6, 6.07) is 0. The number of rotatable bonds is 17. The van der Waals surface area contributed by atoms with E-state index in [1.54, 1.807) is 0 Å². The molecular formula is C24H6F44O6. The van der Waals surface area contributed by atoms with Crippen LogP contribution in [0.2, 0.25) is 0 Å². The van der Waals surface area contributed by atoms with Gasteiger partial charge in [-0.05, 0) is 0 Å². The molecule has 0 bridgehead atoms. The lowest BCUT2D eigenvalue weighted by Crippen LogP contribution is -3.03. The SMILES string of the molecule is OC(F)(F)[C@](O)(C(F)(F)C(F)(F)C(F)(F)F)[C@](O)(C(F)(F)C(F)(F)C(F)(F)F)[C@@](O)(C(F)(F)C(F)(F)C(F)(F)F)[C@](O)(C(F)(F)C(F)(F)C(F)(F)F)C(O)(C(F)(F)C(F)(F)C(F)(F)F)C(F)(F)C(F)(F)C(F)(F)F. The first-order valence-electron chi connectivity index (χ1n) is 15.4. The number of alkyl halides is 44. The molecule has 0 saturated carbocycles. The summed E-state index contributed by atoms with van der Waals surface area (Å²) in [6.45, 7) is 0. The molecule has 0 rings (SSSR count). The quantitative estimate of drug-likeness (QED) is 0.0808. The molecule has 446 valence electrons. The first kappa shape index (κ1) is 70.7. The van der Waals surface area contributed by atoms with Crippen molar-refractivity contribution in [3.8, 4) is 0 Å². The third-order valence-corrected chi connectivity index (χ3v) is 9.76. The van der Waals surface area contributed by atoms with Gasteiger partial charge in [0.05, 0.1) is 0 Å². The molecule has 0 radical (unpaired) electrons. The van der Waals surface area contributed by atoms with Crippen molar-refractivity contribution in [3.63, 3.8) is 0 Å². The number of hydrogen-bond acceptors (Lipinski definition) is 6. The molecule has 6 nitrogen and oxygen atoms in total. The number of hydrogen-bond donors (Lipinski definition) is 6. The Balaban J connectivity index is 12.9. The van der Waals surface area contributed by atoms with Crippen molar-refractivity contribution < 1.29 is 224 Å². The average Bonchev–Trinajstić information content (AvgIpc) is 3.11. The molecule has 0 heterocycles. The van der Waals surface area contributed by atoms with Crippen molar-refractivity contribution in [1.29, 1.82) is 0 Å². The molecule has 0 fully saturated rings. The van der Waals surface area contributed by atoms with Gasteiger partial charge in [0.1, 0.15) is 0 Å². The van der Waals surface area contributed by atoms with Gasteiger partial charge in [-0.2, -0.15) is 193 Å². The molecule has 0 amide bonds. The van der Waals surface area contributed by atoms with E-state index in [-0.39, 0.29) is 0 Å². The Hall–Kier alpha value is -3.32. The molecule has 0 aliphatic rings. The topological polar surface area (TPSA) is 121 Å². The van der Waals surface area contributed by atoms with E-state index < -0.39 is 142 Å². The molecule has 0 aromatic carbocycles. The van der Waals surface area contributed by atoms with Gasteiger partial charge in [0.2, 0.25) is 22.4 Å². The standard InChI is InChI=1S/C24H6F44O6/c25-6(26,12(37,38)18(49,50)51)1(69,3(71,8(29,30)14(41,42)20(55,56)57)5(73,24(67,68)74)11(35,36)17(47,48)23(64,65)66)2(70,7(27,28)13(39,40)19(52,53)54)4(72,9(31,32)15(43,44)21(58,59)60)10(33,34)16(45,46)22(61,62)63/h69-74H/t1-,2-,3+,5-/m1/s1. The van der Waals surface area contributed by atoms with Crippen LogP contribution in [-0.4, -0.2) is 173 Å². The van der Waals surface area contributed by atoms with E-state index in [1.165, 1.54) is 0 Å². The summed E-state index contributed by atoms with van der Waals surface area (Å²) in [6.07, 6.45) is -71.2. The minimum absolute atomic E-state index is 8.57. The zero-order valence-corrected chi connectivity index (χ0v) is 31.3. The minimum atomic E-state index is -13.3. The summed E-state index contributed by atoms with van der Waals surface area (Å²) in [5.74, 6) is -139. The first-order chi connectivity index (χ1) is 30.8. The zero-order chi connectivity index (χ0) is 62.0. The van der Waals surface area contributed by atoms with Gasteiger partial charge >= 0.3 is 114 Å². The van der Waals surface area contributed by atoms with Crippen LogP contribution in [0.1, 0.15) is 0 Å². The van der Waals surface area contributed by atoms with Gasteiger partial charge in [-0.1, -0.05) is 0 Å². The second kappa shape index (κ2) is 16.6. The maximum Gasteiger partial charge on any atom is 0.460 e. The Labute approximate surface area is 367 Å². The predicted molar refractivity (Wildman–Crippen MR) is 128 cm³/mol. The van der Waals surface area contributed by atoms with E-state index in [9.17, 15) is 166 Å². The van der Waals surface area contributed by atoms with Crippen molar-refractivity contribution >= 4 is 0 Å². The van der Waals surface area contributed by atoms with Crippen LogP contribution in [0.5, 0.6) is 0 Å². The van der Waals surface area contributed by atoms with Crippen LogP contribution in [0.25, 0.3) is 0 Å². The molecule has 0 saturated heterocycles. The zero-order valence-electron chi connectivity index (χ0n) is 31.3. The molecule has 6 N–H and O–H groups in total. The first-order valence-corrected chi connectivity index (χ1v) is 15.4. The number of aliphatic hydroxyl groups is 6. The highest BCUT2D eigenvalue weighted by atomic mass is 19.5. The van der Waals surface area contributed by atoms with Gasteiger partial charge in [-0.3, -0.25) is 0 Å². The fourth-order valence-electron chi connectivity index (χ4n) is 5.87. The molecule has 0 aliphatic heterocycles. The third kappa shape index (κ3) is 7.58. The van der Waals surface area contributed by atoms with E-state index in [2.05, 4.69) is 0 Å². The summed E-state index contributed by atoms with van der Waals surface area (Å²) in [5, 5.41) is 58.3. The Morgan fingerprint density at radius 2 is 0.216 bits per heavy atom. The van der Waals surface area contributed by atoms with E-state index >= 15 is 52.7 Å². The van der Waals surface area contributed by atoms with Gasteiger partial charge in [0, 0.05) is 0 Å². The van der Waals surface area contributed by atoms with Crippen molar-refractivity contribution in [2.24, 2.45) is 0 Å². The van der Waals surface area contributed by atoms with Crippen molar-refractivity contribution in [3.05, 3.63) is 0 Å². The van der Waals surface area contributed by atoms with Gasteiger partial charge in [0.15, 0.2) is 0 Å². The van der Waals surface area contributed by atoms with Crippen molar-refractivity contribution in [1.82, 2.24) is 0 Å². The Bertz CT molecular complexity index is 2000. The van der Waals surface area contributed by atoms with E-state index in [0.29, 0.717) is 0 Å². The molecule has 0 aliphatic carbocycles. The highest BCUT2D eigenvalue weighted by Gasteiger charge is 3.12. The second-order valence-corrected chi connectivity index (χ2v) is 14.0. The van der Waals surface area contributed by atoms with Gasteiger partial charge in [-0.25, -0.2) is 0 Å². The molecule has 50 heteroatoms. The minimum Gasteiger partial charge on any atom is -0.378 e.